The fourth-order valence-corrected chi connectivity index (χ4v) is 5.13. The Labute approximate surface area is 200 Å². The maximum atomic E-state index is 13.4. The summed E-state index contributed by atoms with van der Waals surface area (Å²) in [6.07, 6.45) is 4.51. The Hall–Kier alpha value is -3.65. The van der Waals surface area contributed by atoms with Crippen LogP contribution in [0.1, 0.15) is 23.2 Å². The van der Waals surface area contributed by atoms with Gasteiger partial charge in [-0.05, 0) is 50.2 Å². The van der Waals surface area contributed by atoms with Crippen LogP contribution in [0.5, 0.6) is 0 Å². The fourth-order valence-electron chi connectivity index (χ4n) is 3.67. The number of anilines is 1. The Kier molecular flexibility index (Phi) is 6.98. The third-order valence-corrected chi connectivity index (χ3v) is 7.43. The third kappa shape index (κ3) is 5.46. The molecule has 0 aliphatic heterocycles. The molecule has 176 valence electrons. The molecule has 0 saturated carbocycles. The highest BCUT2D eigenvalue weighted by molar-refractivity contribution is 7.92. The first kappa shape index (κ1) is 23.5. The molecule has 0 aliphatic rings. The summed E-state index contributed by atoms with van der Waals surface area (Å²) in [5.41, 5.74) is 4.28. The van der Waals surface area contributed by atoms with Gasteiger partial charge in [0.05, 0.1) is 16.3 Å². The number of amides is 1. The van der Waals surface area contributed by atoms with Crippen LogP contribution in [-0.4, -0.2) is 36.8 Å². The molecule has 2 aromatic heterocycles. The van der Waals surface area contributed by atoms with Gasteiger partial charge in [0, 0.05) is 38.3 Å². The number of carbonyl (C=O) groups is 1. The molecule has 0 radical (unpaired) electrons. The SMILES string of the molecule is Cc1ccc(N(CCC(=O)NCCc2cn3ccccc3n2)S(=O)(=O)c2ccc(C)cc2)cc1. The minimum atomic E-state index is -3.82. The standard InChI is InChI=1S/C26H28N4O3S/c1-20-6-10-23(11-7-20)30(34(32,33)24-12-8-21(2)9-13-24)18-15-26(31)27-16-14-22-19-29-17-4-3-5-25(29)28-22/h3-13,17,19H,14-16,18H2,1-2H3,(H,27,31). The highest BCUT2D eigenvalue weighted by atomic mass is 32.2. The minimum absolute atomic E-state index is 0.0411. The number of aromatic nitrogens is 2. The first-order valence-corrected chi connectivity index (χ1v) is 12.6. The Balaban J connectivity index is 1.42. The zero-order valence-electron chi connectivity index (χ0n) is 19.3. The van der Waals surface area contributed by atoms with Gasteiger partial charge >= 0.3 is 0 Å². The Morgan fingerprint density at radius 1 is 0.971 bits per heavy atom. The van der Waals surface area contributed by atoms with Crippen LogP contribution >= 0.6 is 0 Å². The molecule has 1 amide bonds. The van der Waals surface area contributed by atoms with Gasteiger partial charge in [-0.1, -0.05) is 41.5 Å². The molecule has 0 aliphatic carbocycles. The van der Waals surface area contributed by atoms with Crippen molar-refractivity contribution in [1.82, 2.24) is 14.7 Å². The molecule has 4 aromatic rings. The van der Waals surface area contributed by atoms with Crippen molar-refractivity contribution in [2.24, 2.45) is 0 Å². The van der Waals surface area contributed by atoms with Crippen molar-refractivity contribution in [3.8, 4) is 0 Å². The topological polar surface area (TPSA) is 83.8 Å². The Bertz CT molecular complexity index is 1340. The van der Waals surface area contributed by atoms with Crippen LogP contribution in [-0.2, 0) is 21.2 Å². The van der Waals surface area contributed by atoms with Crippen molar-refractivity contribution in [3.63, 3.8) is 0 Å². The summed E-state index contributed by atoms with van der Waals surface area (Å²) in [5, 5.41) is 2.88. The van der Waals surface area contributed by atoms with E-state index in [1.807, 2.05) is 61.0 Å². The third-order valence-electron chi connectivity index (χ3n) is 5.59. The minimum Gasteiger partial charge on any atom is -0.356 e. The highest BCUT2D eigenvalue weighted by Crippen LogP contribution is 2.24. The molecule has 8 heteroatoms. The summed E-state index contributed by atoms with van der Waals surface area (Å²) < 4.78 is 30.1. The predicted molar refractivity (Wildman–Crippen MR) is 133 cm³/mol. The van der Waals surface area contributed by atoms with E-state index < -0.39 is 10.0 Å². The second-order valence-electron chi connectivity index (χ2n) is 8.27. The molecular weight excluding hydrogens is 448 g/mol. The number of benzene rings is 2. The van der Waals surface area contributed by atoms with Crippen molar-refractivity contribution < 1.29 is 13.2 Å². The summed E-state index contributed by atoms with van der Waals surface area (Å²) in [5.74, 6) is -0.208. The van der Waals surface area contributed by atoms with Crippen LogP contribution in [0, 0.1) is 13.8 Å². The van der Waals surface area contributed by atoms with Crippen molar-refractivity contribution in [2.75, 3.05) is 17.4 Å². The van der Waals surface area contributed by atoms with Crippen LogP contribution < -0.4 is 9.62 Å². The Morgan fingerprint density at radius 2 is 1.65 bits per heavy atom. The maximum absolute atomic E-state index is 13.4. The number of rotatable bonds is 9. The van der Waals surface area contributed by atoms with E-state index in [9.17, 15) is 13.2 Å². The van der Waals surface area contributed by atoms with E-state index in [1.54, 1.807) is 36.4 Å². The molecule has 1 N–H and O–H groups in total. The zero-order valence-corrected chi connectivity index (χ0v) is 20.1. The average molecular weight is 477 g/mol. The van der Waals surface area contributed by atoms with E-state index in [0.717, 1.165) is 22.5 Å². The molecule has 34 heavy (non-hydrogen) atoms. The lowest BCUT2D eigenvalue weighted by atomic mass is 10.2. The van der Waals surface area contributed by atoms with E-state index in [1.165, 1.54) is 4.31 Å². The number of hydrogen-bond acceptors (Lipinski definition) is 4. The predicted octanol–water partition coefficient (Wildman–Crippen LogP) is 3.90. The number of imidazole rings is 1. The van der Waals surface area contributed by atoms with Crippen molar-refractivity contribution in [1.29, 1.82) is 0 Å². The molecule has 0 atom stereocenters. The van der Waals surface area contributed by atoms with Gasteiger partial charge in [0.15, 0.2) is 0 Å². The van der Waals surface area contributed by atoms with Crippen LogP contribution in [0.2, 0.25) is 0 Å². The van der Waals surface area contributed by atoms with E-state index in [0.29, 0.717) is 18.7 Å². The normalized spacial score (nSPS) is 11.5. The fraction of sp³-hybridized carbons (Fsp3) is 0.231. The number of nitrogens with one attached hydrogen (secondary N) is 1. The van der Waals surface area contributed by atoms with Gasteiger partial charge in [0.25, 0.3) is 10.0 Å². The molecule has 4 rings (SSSR count). The lowest BCUT2D eigenvalue weighted by molar-refractivity contribution is -0.120. The van der Waals surface area contributed by atoms with E-state index >= 15 is 0 Å². The van der Waals surface area contributed by atoms with Crippen LogP contribution in [0.4, 0.5) is 5.69 Å². The number of fused-ring (bicyclic) bond motifs is 1. The quantitative estimate of drug-likeness (QED) is 0.397. The van der Waals surface area contributed by atoms with Crippen LogP contribution in [0.25, 0.3) is 5.65 Å². The number of pyridine rings is 1. The molecule has 2 heterocycles. The number of nitrogens with zero attached hydrogens (tertiary/aromatic N) is 3. The average Bonchev–Trinajstić information content (AvgIpc) is 3.23. The maximum Gasteiger partial charge on any atom is 0.264 e. The van der Waals surface area contributed by atoms with E-state index in [-0.39, 0.29) is 23.8 Å². The lowest BCUT2D eigenvalue weighted by Crippen LogP contribution is -2.35. The first-order valence-electron chi connectivity index (χ1n) is 11.2. The van der Waals surface area contributed by atoms with Crippen LogP contribution in [0.3, 0.4) is 0 Å². The van der Waals surface area contributed by atoms with Gasteiger partial charge in [-0.25, -0.2) is 13.4 Å². The summed E-state index contributed by atoms with van der Waals surface area (Å²) >= 11 is 0. The summed E-state index contributed by atoms with van der Waals surface area (Å²) in [6.45, 7) is 4.32. The lowest BCUT2D eigenvalue weighted by Gasteiger charge is -2.24. The van der Waals surface area contributed by atoms with Crippen LogP contribution in [0.15, 0.2) is 84.0 Å². The monoisotopic (exact) mass is 476 g/mol. The van der Waals surface area contributed by atoms with Gasteiger partial charge in [0.2, 0.25) is 5.91 Å². The zero-order chi connectivity index (χ0) is 24.1. The van der Waals surface area contributed by atoms with Crippen molar-refractivity contribution in [3.05, 3.63) is 95.9 Å². The molecule has 0 fully saturated rings. The molecule has 2 aromatic carbocycles. The largest absolute Gasteiger partial charge is 0.356 e. The van der Waals surface area contributed by atoms with Crippen molar-refractivity contribution in [2.45, 2.75) is 31.6 Å². The smallest absolute Gasteiger partial charge is 0.264 e. The van der Waals surface area contributed by atoms with E-state index in [4.69, 9.17) is 0 Å². The number of carbonyl (C=O) groups excluding carboxylic acids is 1. The molecule has 0 spiro atoms. The second-order valence-corrected chi connectivity index (χ2v) is 10.1. The van der Waals surface area contributed by atoms with Gasteiger partial charge < -0.3 is 9.72 Å². The van der Waals surface area contributed by atoms with E-state index in [2.05, 4.69) is 10.3 Å². The number of aryl methyl sites for hydroxylation is 2. The first-order chi connectivity index (χ1) is 16.3. The van der Waals surface area contributed by atoms with Gasteiger partial charge in [-0.3, -0.25) is 9.10 Å². The van der Waals surface area contributed by atoms with Gasteiger partial charge in [0.1, 0.15) is 5.65 Å². The number of sulfonamides is 1. The summed E-state index contributed by atoms with van der Waals surface area (Å²) in [4.78, 5) is 17.3. The highest BCUT2D eigenvalue weighted by Gasteiger charge is 2.25. The van der Waals surface area contributed by atoms with Gasteiger partial charge in [-0.2, -0.15) is 0 Å². The second kappa shape index (κ2) is 10.1. The van der Waals surface area contributed by atoms with Crippen molar-refractivity contribution >= 4 is 27.3 Å². The summed E-state index contributed by atoms with van der Waals surface area (Å²) in [7, 11) is -3.82. The molecule has 0 unspecified atom stereocenters. The summed E-state index contributed by atoms with van der Waals surface area (Å²) in [6, 6.07) is 19.8. The molecule has 7 nitrogen and oxygen atoms in total. The molecular formula is C26H28N4O3S. The molecule has 0 bridgehead atoms. The molecule has 0 saturated heterocycles. The Morgan fingerprint density at radius 3 is 2.32 bits per heavy atom. The van der Waals surface area contributed by atoms with Gasteiger partial charge in [-0.15, -0.1) is 0 Å². The number of hydrogen-bond donors (Lipinski definition) is 1.